The lowest BCUT2D eigenvalue weighted by Gasteiger charge is -2.26. The monoisotopic (exact) mass is 268 g/mol. The summed E-state index contributed by atoms with van der Waals surface area (Å²) in [6, 6.07) is 8.36. The van der Waals surface area contributed by atoms with Gasteiger partial charge >= 0.3 is 0 Å². The highest BCUT2D eigenvalue weighted by Crippen LogP contribution is 2.26. The van der Waals surface area contributed by atoms with Gasteiger partial charge in [-0.15, -0.1) is 0 Å². The Morgan fingerprint density at radius 1 is 1.17 bits per heavy atom. The molecule has 5 heteroatoms. The van der Waals surface area contributed by atoms with Crippen LogP contribution in [0.2, 0.25) is 0 Å². The summed E-state index contributed by atoms with van der Waals surface area (Å²) in [6.45, 7) is 0. The van der Waals surface area contributed by atoms with Crippen molar-refractivity contribution in [3.05, 3.63) is 24.3 Å². The minimum Gasteiger partial charge on any atom is -0.381 e. The van der Waals surface area contributed by atoms with Crippen molar-refractivity contribution >= 4 is 21.2 Å². The summed E-state index contributed by atoms with van der Waals surface area (Å²) in [7, 11) is 1.23. The van der Waals surface area contributed by atoms with E-state index in [0.717, 1.165) is 11.4 Å². The number of sulfone groups is 1. The molecule has 1 aromatic rings. The van der Waals surface area contributed by atoms with Crippen LogP contribution in [0.4, 0.5) is 11.4 Å². The summed E-state index contributed by atoms with van der Waals surface area (Å²) >= 11 is 0. The van der Waals surface area contributed by atoms with Crippen LogP contribution in [0.5, 0.6) is 0 Å². The molecule has 1 saturated heterocycles. The van der Waals surface area contributed by atoms with E-state index in [9.17, 15) is 8.42 Å². The summed E-state index contributed by atoms with van der Waals surface area (Å²) in [5.41, 5.74) is 2.21. The van der Waals surface area contributed by atoms with Gasteiger partial charge in [-0.05, 0) is 25.0 Å². The van der Waals surface area contributed by atoms with Crippen molar-refractivity contribution in [3.63, 3.8) is 0 Å². The molecule has 100 valence electrons. The third-order valence-electron chi connectivity index (χ3n) is 3.30. The molecule has 1 aliphatic heterocycles. The van der Waals surface area contributed by atoms with Crippen LogP contribution in [0.1, 0.15) is 12.8 Å². The normalized spacial score (nSPS) is 19.4. The van der Waals surface area contributed by atoms with Crippen LogP contribution in [0, 0.1) is 0 Å². The summed E-state index contributed by atoms with van der Waals surface area (Å²) in [5.74, 6) is 0.601. The van der Waals surface area contributed by atoms with Gasteiger partial charge in [0.1, 0.15) is 9.84 Å². The Labute approximate surface area is 109 Å². The van der Waals surface area contributed by atoms with Gasteiger partial charge in [-0.1, -0.05) is 12.1 Å². The number of hydrogen-bond donors (Lipinski definition) is 1. The van der Waals surface area contributed by atoms with E-state index in [0.29, 0.717) is 24.3 Å². The van der Waals surface area contributed by atoms with Crippen LogP contribution in [0.3, 0.4) is 0 Å². The molecule has 0 spiro atoms. The smallest absolute Gasteiger partial charge is 0.150 e. The van der Waals surface area contributed by atoms with E-state index in [4.69, 9.17) is 0 Å². The van der Waals surface area contributed by atoms with Crippen LogP contribution < -0.4 is 10.2 Å². The molecule has 1 aromatic carbocycles. The molecule has 0 unspecified atom stereocenters. The van der Waals surface area contributed by atoms with Crippen molar-refractivity contribution in [2.24, 2.45) is 0 Å². The van der Waals surface area contributed by atoms with E-state index in [1.807, 2.05) is 32.3 Å². The van der Waals surface area contributed by atoms with Gasteiger partial charge in [0, 0.05) is 20.1 Å². The molecule has 0 radical (unpaired) electrons. The van der Waals surface area contributed by atoms with Crippen LogP contribution in [0.25, 0.3) is 0 Å². The predicted molar refractivity (Wildman–Crippen MR) is 76.1 cm³/mol. The molecule has 0 aliphatic carbocycles. The van der Waals surface area contributed by atoms with Crippen molar-refractivity contribution in [2.45, 2.75) is 18.9 Å². The van der Waals surface area contributed by atoms with Gasteiger partial charge in [-0.25, -0.2) is 8.42 Å². The predicted octanol–water partition coefficient (Wildman–Crippen LogP) is 1.74. The fraction of sp³-hybridized carbons (Fsp3) is 0.538. The molecule has 18 heavy (non-hydrogen) atoms. The molecule has 1 N–H and O–H groups in total. The number of rotatable bonds is 3. The number of nitrogens with one attached hydrogen (secondary N) is 1. The fourth-order valence-corrected chi connectivity index (χ4v) is 3.73. The molecule has 4 nitrogen and oxygen atoms in total. The molecule has 0 aromatic heterocycles. The van der Waals surface area contributed by atoms with Gasteiger partial charge in [0.2, 0.25) is 0 Å². The van der Waals surface area contributed by atoms with Crippen LogP contribution >= 0.6 is 0 Å². The Kier molecular flexibility index (Phi) is 3.80. The average Bonchev–Trinajstić information content (AvgIpc) is 2.32. The van der Waals surface area contributed by atoms with E-state index < -0.39 is 9.84 Å². The van der Waals surface area contributed by atoms with Crippen molar-refractivity contribution < 1.29 is 8.42 Å². The van der Waals surface area contributed by atoms with E-state index in [1.54, 1.807) is 0 Å². The average molecular weight is 268 g/mol. The summed E-state index contributed by atoms with van der Waals surface area (Å²) < 4.78 is 22.8. The highest BCUT2D eigenvalue weighted by molar-refractivity contribution is 7.91. The van der Waals surface area contributed by atoms with Crippen molar-refractivity contribution in [3.8, 4) is 0 Å². The Hall–Kier alpha value is -1.23. The first kappa shape index (κ1) is 13.2. The first-order valence-electron chi connectivity index (χ1n) is 6.21. The first-order valence-corrected chi connectivity index (χ1v) is 8.03. The summed E-state index contributed by atoms with van der Waals surface area (Å²) in [6.07, 6.45) is 1.40. The molecular formula is C13H20N2O2S. The fourth-order valence-electron chi connectivity index (χ4n) is 2.24. The zero-order valence-corrected chi connectivity index (χ0v) is 11.7. The quantitative estimate of drug-likeness (QED) is 0.907. The van der Waals surface area contributed by atoms with Gasteiger partial charge in [0.15, 0.2) is 0 Å². The Morgan fingerprint density at radius 3 is 2.39 bits per heavy atom. The van der Waals surface area contributed by atoms with Crippen LogP contribution in [-0.2, 0) is 9.84 Å². The third-order valence-corrected chi connectivity index (χ3v) is 5.02. The van der Waals surface area contributed by atoms with Gasteiger partial charge in [-0.2, -0.15) is 0 Å². The second-order valence-electron chi connectivity index (χ2n) is 4.98. The summed E-state index contributed by atoms with van der Waals surface area (Å²) in [4.78, 5) is 2.06. The standard InChI is InChI=1S/C13H20N2O2S/c1-15(2)13-6-4-3-5-12(13)14-11-7-9-18(16,17)10-8-11/h3-6,11,14H,7-10H2,1-2H3. The van der Waals surface area contributed by atoms with Crippen molar-refractivity contribution in [1.82, 2.24) is 0 Å². The number of para-hydroxylation sites is 2. The Bertz CT molecular complexity index is 497. The van der Waals surface area contributed by atoms with Gasteiger partial charge in [0.05, 0.1) is 22.9 Å². The maximum absolute atomic E-state index is 11.4. The largest absolute Gasteiger partial charge is 0.381 e. The molecule has 0 amide bonds. The number of anilines is 2. The summed E-state index contributed by atoms with van der Waals surface area (Å²) in [5, 5.41) is 3.46. The lowest BCUT2D eigenvalue weighted by atomic mass is 10.1. The topological polar surface area (TPSA) is 49.4 Å². The highest BCUT2D eigenvalue weighted by Gasteiger charge is 2.23. The van der Waals surface area contributed by atoms with E-state index in [-0.39, 0.29) is 6.04 Å². The molecule has 1 aliphatic rings. The number of benzene rings is 1. The molecule has 1 fully saturated rings. The van der Waals surface area contributed by atoms with Crippen molar-refractivity contribution in [2.75, 3.05) is 35.8 Å². The van der Waals surface area contributed by atoms with E-state index in [1.165, 1.54) is 0 Å². The molecule has 0 atom stereocenters. The van der Waals surface area contributed by atoms with Gasteiger partial charge in [-0.3, -0.25) is 0 Å². The maximum atomic E-state index is 11.4. The van der Waals surface area contributed by atoms with Crippen LogP contribution in [0.15, 0.2) is 24.3 Å². The zero-order valence-electron chi connectivity index (χ0n) is 10.9. The Balaban J connectivity index is 2.07. The lowest BCUT2D eigenvalue weighted by Crippen LogP contribution is -2.32. The molecule has 0 bridgehead atoms. The zero-order chi connectivity index (χ0) is 13.2. The first-order chi connectivity index (χ1) is 8.48. The van der Waals surface area contributed by atoms with Crippen molar-refractivity contribution in [1.29, 1.82) is 0 Å². The minimum atomic E-state index is -2.78. The number of nitrogens with zero attached hydrogens (tertiary/aromatic N) is 1. The second kappa shape index (κ2) is 5.18. The maximum Gasteiger partial charge on any atom is 0.150 e. The third kappa shape index (κ3) is 3.16. The highest BCUT2D eigenvalue weighted by atomic mass is 32.2. The molecule has 0 saturated carbocycles. The molecule has 1 heterocycles. The Morgan fingerprint density at radius 2 is 1.78 bits per heavy atom. The second-order valence-corrected chi connectivity index (χ2v) is 7.29. The van der Waals surface area contributed by atoms with E-state index in [2.05, 4.69) is 16.3 Å². The van der Waals surface area contributed by atoms with Gasteiger partial charge in [0.25, 0.3) is 0 Å². The SMILES string of the molecule is CN(C)c1ccccc1NC1CCS(=O)(=O)CC1. The number of hydrogen-bond acceptors (Lipinski definition) is 4. The minimum absolute atomic E-state index is 0.259. The lowest BCUT2D eigenvalue weighted by molar-refractivity contribution is 0.559. The molecule has 2 rings (SSSR count). The van der Waals surface area contributed by atoms with Gasteiger partial charge < -0.3 is 10.2 Å². The van der Waals surface area contributed by atoms with Crippen LogP contribution in [-0.4, -0.2) is 40.1 Å². The van der Waals surface area contributed by atoms with E-state index >= 15 is 0 Å². The molecular weight excluding hydrogens is 248 g/mol.